The molecule has 11 unspecified atom stereocenters. The van der Waals surface area contributed by atoms with Gasteiger partial charge in [-0.15, -0.1) is 0 Å². The van der Waals surface area contributed by atoms with Gasteiger partial charge in [0.25, 0.3) is 0 Å². The Morgan fingerprint density at radius 1 is 1.03 bits per heavy atom. The first-order chi connectivity index (χ1) is 16.1. The average molecular weight is 466 g/mol. The van der Waals surface area contributed by atoms with Crippen molar-refractivity contribution >= 4 is 0 Å². The zero-order chi connectivity index (χ0) is 24.0. The van der Waals surface area contributed by atoms with Crippen molar-refractivity contribution in [2.45, 2.75) is 116 Å². The molecule has 0 bridgehead atoms. The highest BCUT2D eigenvalue weighted by Crippen LogP contribution is 2.63. The molecule has 6 aliphatic rings. The van der Waals surface area contributed by atoms with Crippen LogP contribution in [0.2, 0.25) is 0 Å². The van der Waals surface area contributed by atoms with Gasteiger partial charge in [0.2, 0.25) is 0 Å². The molecule has 0 aromatic carbocycles. The van der Waals surface area contributed by atoms with Crippen LogP contribution in [0.15, 0.2) is 34.9 Å². The molecule has 3 heteroatoms. The predicted octanol–water partition coefficient (Wildman–Crippen LogP) is 5.93. The van der Waals surface area contributed by atoms with Gasteiger partial charge in [-0.3, -0.25) is 0 Å². The summed E-state index contributed by atoms with van der Waals surface area (Å²) in [5.74, 6) is 4.05. The summed E-state index contributed by atoms with van der Waals surface area (Å²) in [7, 11) is 0. The quantitative estimate of drug-likeness (QED) is 0.443. The van der Waals surface area contributed by atoms with Crippen LogP contribution < -0.4 is 5.32 Å². The number of aliphatic hydroxyl groups excluding tert-OH is 2. The maximum absolute atomic E-state index is 10.5. The molecule has 0 radical (unpaired) electrons. The fourth-order valence-electron chi connectivity index (χ4n) is 10.2. The van der Waals surface area contributed by atoms with Gasteiger partial charge in [-0.2, -0.15) is 0 Å². The molecule has 4 saturated carbocycles. The largest absolute Gasteiger partial charge is 0.390 e. The van der Waals surface area contributed by atoms with Gasteiger partial charge in [-0.1, -0.05) is 41.9 Å². The van der Waals surface area contributed by atoms with Crippen LogP contribution in [0.5, 0.6) is 0 Å². The van der Waals surface area contributed by atoms with Crippen molar-refractivity contribution in [2.24, 2.45) is 40.9 Å². The van der Waals surface area contributed by atoms with Crippen molar-refractivity contribution in [3.63, 3.8) is 0 Å². The molecular formula is C31H47NO2. The minimum atomic E-state index is -0.524. The van der Waals surface area contributed by atoms with E-state index in [0.717, 1.165) is 24.7 Å². The Morgan fingerprint density at radius 2 is 1.79 bits per heavy atom. The van der Waals surface area contributed by atoms with Crippen LogP contribution in [0.4, 0.5) is 0 Å². The molecular weight excluding hydrogens is 418 g/mol. The predicted molar refractivity (Wildman–Crippen MR) is 138 cm³/mol. The molecule has 1 heterocycles. The third kappa shape index (κ3) is 3.47. The van der Waals surface area contributed by atoms with Crippen LogP contribution >= 0.6 is 0 Å². The lowest BCUT2D eigenvalue weighted by molar-refractivity contribution is -0.0564. The van der Waals surface area contributed by atoms with E-state index >= 15 is 0 Å². The van der Waals surface area contributed by atoms with E-state index in [2.05, 4.69) is 45.7 Å². The van der Waals surface area contributed by atoms with E-state index in [1.807, 2.05) is 0 Å². The van der Waals surface area contributed by atoms with E-state index < -0.39 is 12.2 Å². The molecule has 5 fully saturated rings. The molecule has 0 aromatic heterocycles. The van der Waals surface area contributed by atoms with Crippen molar-refractivity contribution in [1.82, 2.24) is 5.32 Å². The number of nitrogens with one attached hydrogen (secondary N) is 1. The van der Waals surface area contributed by atoms with Crippen molar-refractivity contribution in [2.75, 3.05) is 0 Å². The molecule has 188 valence electrons. The SMILES string of the molecule is C=C(C)C1CCC2(C)CC(C3CCC4CC5CC6CC(O)C(O)CC6C5C4(C)N3)=CC(C)=C2C1. The second kappa shape index (κ2) is 8.05. The second-order valence-electron chi connectivity index (χ2n) is 13.9. The van der Waals surface area contributed by atoms with Crippen molar-refractivity contribution in [3.8, 4) is 0 Å². The molecule has 0 spiro atoms. The molecule has 3 nitrogen and oxygen atoms in total. The first-order valence-electron chi connectivity index (χ1n) is 14.3. The minimum Gasteiger partial charge on any atom is -0.390 e. The van der Waals surface area contributed by atoms with Crippen LogP contribution in [0.3, 0.4) is 0 Å². The van der Waals surface area contributed by atoms with Gasteiger partial charge in [0.1, 0.15) is 0 Å². The monoisotopic (exact) mass is 465 g/mol. The number of allylic oxidation sites excluding steroid dienone is 4. The lowest BCUT2D eigenvalue weighted by atomic mass is 9.59. The zero-order valence-corrected chi connectivity index (χ0v) is 21.9. The summed E-state index contributed by atoms with van der Waals surface area (Å²) < 4.78 is 0. The highest BCUT2D eigenvalue weighted by Gasteiger charge is 2.62. The standard InChI is InChI=1S/C31H47NO2/c1-17(2)19-8-9-30(4)16-22(10-18(3)25(30)13-19)26-7-6-23-12-21-11-20-14-27(33)28(34)15-24(20)29(21)31(23,5)32-26/h10,19-21,23-24,26-29,32-34H,1,6-9,11-16H2,2-5H3. The average Bonchev–Trinajstić information content (AvgIpc) is 3.26. The Bertz CT molecular complexity index is 934. The minimum absolute atomic E-state index is 0.173. The summed E-state index contributed by atoms with van der Waals surface area (Å²) in [6.45, 7) is 13.9. The van der Waals surface area contributed by atoms with E-state index in [1.165, 1.54) is 62.5 Å². The zero-order valence-electron chi connectivity index (χ0n) is 21.9. The van der Waals surface area contributed by atoms with Gasteiger partial charge in [-0.05, 0) is 126 Å². The third-order valence-corrected chi connectivity index (χ3v) is 11.9. The Morgan fingerprint density at radius 3 is 2.56 bits per heavy atom. The van der Waals surface area contributed by atoms with E-state index in [0.29, 0.717) is 35.1 Å². The van der Waals surface area contributed by atoms with Gasteiger partial charge in [0, 0.05) is 11.6 Å². The highest BCUT2D eigenvalue weighted by molar-refractivity contribution is 5.41. The van der Waals surface area contributed by atoms with Gasteiger partial charge in [0.05, 0.1) is 12.2 Å². The molecule has 3 N–H and O–H groups in total. The molecule has 5 aliphatic carbocycles. The number of hydrogen-bond donors (Lipinski definition) is 3. The summed E-state index contributed by atoms with van der Waals surface area (Å²) >= 11 is 0. The Labute approximate surface area is 207 Å². The number of aliphatic hydroxyl groups is 2. The van der Waals surface area contributed by atoms with Crippen molar-refractivity contribution < 1.29 is 10.2 Å². The number of fused-ring (bicyclic) bond motifs is 6. The van der Waals surface area contributed by atoms with Gasteiger partial charge >= 0.3 is 0 Å². The molecule has 0 aromatic rings. The third-order valence-electron chi connectivity index (χ3n) is 11.9. The van der Waals surface area contributed by atoms with Gasteiger partial charge in [-0.25, -0.2) is 0 Å². The molecule has 34 heavy (non-hydrogen) atoms. The first-order valence-corrected chi connectivity index (χ1v) is 14.3. The van der Waals surface area contributed by atoms with Crippen molar-refractivity contribution in [3.05, 3.63) is 34.9 Å². The fraction of sp³-hybridized carbons (Fsp3) is 0.806. The summed E-state index contributed by atoms with van der Waals surface area (Å²) in [5.41, 5.74) is 6.72. The van der Waals surface area contributed by atoms with Crippen LogP contribution in [-0.4, -0.2) is 34.0 Å². The molecule has 0 amide bonds. The smallest absolute Gasteiger partial charge is 0.0802 e. The van der Waals surface area contributed by atoms with Gasteiger partial charge < -0.3 is 15.5 Å². The first kappa shape index (κ1) is 23.5. The highest BCUT2D eigenvalue weighted by atomic mass is 16.3. The fourth-order valence-corrected chi connectivity index (χ4v) is 10.2. The Balaban J connectivity index is 1.25. The van der Waals surface area contributed by atoms with Crippen LogP contribution in [0, 0.1) is 40.9 Å². The number of piperidine rings is 1. The Kier molecular flexibility index (Phi) is 5.56. The van der Waals surface area contributed by atoms with Gasteiger partial charge in [0.15, 0.2) is 0 Å². The summed E-state index contributed by atoms with van der Waals surface area (Å²) in [5, 5.41) is 25.1. The van der Waals surface area contributed by atoms with Crippen LogP contribution in [0.25, 0.3) is 0 Å². The molecule has 11 atom stereocenters. The van der Waals surface area contributed by atoms with E-state index in [1.54, 1.807) is 11.1 Å². The normalized spacial score (nSPS) is 52.4. The summed E-state index contributed by atoms with van der Waals surface area (Å²) in [6, 6.07) is 0.491. The van der Waals surface area contributed by atoms with Crippen LogP contribution in [-0.2, 0) is 0 Å². The lowest BCUT2D eigenvalue weighted by Gasteiger charge is -2.51. The van der Waals surface area contributed by atoms with E-state index in [-0.39, 0.29) is 5.54 Å². The maximum atomic E-state index is 10.5. The van der Waals surface area contributed by atoms with E-state index in [4.69, 9.17) is 0 Å². The lowest BCUT2D eigenvalue weighted by Crippen LogP contribution is -2.60. The summed E-state index contributed by atoms with van der Waals surface area (Å²) in [4.78, 5) is 0. The molecule has 1 saturated heterocycles. The Hall–Kier alpha value is -0.900. The number of rotatable bonds is 2. The second-order valence-corrected chi connectivity index (χ2v) is 13.9. The van der Waals surface area contributed by atoms with Crippen molar-refractivity contribution in [1.29, 1.82) is 0 Å². The maximum Gasteiger partial charge on any atom is 0.0802 e. The topological polar surface area (TPSA) is 52.5 Å². The van der Waals surface area contributed by atoms with Crippen LogP contribution in [0.1, 0.15) is 91.9 Å². The summed E-state index contributed by atoms with van der Waals surface area (Å²) in [6.07, 6.45) is 13.4. The molecule has 1 aliphatic heterocycles. The number of hydrogen-bond acceptors (Lipinski definition) is 3. The van der Waals surface area contributed by atoms with E-state index in [9.17, 15) is 10.2 Å². The molecule has 6 rings (SSSR count).